The first-order valence-corrected chi connectivity index (χ1v) is 9.26. The van der Waals surface area contributed by atoms with Gasteiger partial charge in [-0.3, -0.25) is 0 Å². The first-order valence-electron chi connectivity index (χ1n) is 9.26. The average molecular weight is 348 g/mol. The lowest BCUT2D eigenvalue weighted by Crippen LogP contribution is -2.26. The number of nitrogens with zero attached hydrogens (tertiary/aromatic N) is 1. The molecule has 1 aromatic rings. The third-order valence-corrected chi connectivity index (χ3v) is 4.75. The van der Waals surface area contributed by atoms with E-state index in [4.69, 9.17) is 4.74 Å². The van der Waals surface area contributed by atoms with Gasteiger partial charge in [-0.25, -0.2) is 4.79 Å². The van der Waals surface area contributed by atoms with Crippen molar-refractivity contribution in [1.29, 1.82) is 0 Å². The van der Waals surface area contributed by atoms with Crippen LogP contribution < -0.4 is 10.1 Å². The van der Waals surface area contributed by atoms with Crippen LogP contribution in [0.4, 0.5) is 0 Å². The second-order valence-electron chi connectivity index (χ2n) is 7.01. The summed E-state index contributed by atoms with van der Waals surface area (Å²) in [7, 11) is 1.37. The molecule has 0 aromatic heterocycles. The van der Waals surface area contributed by atoms with Gasteiger partial charge in [-0.15, -0.1) is 0 Å². The topological polar surface area (TPSA) is 50.8 Å². The van der Waals surface area contributed by atoms with E-state index in [-0.39, 0.29) is 12.6 Å². The van der Waals surface area contributed by atoms with E-state index >= 15 is 0 Å². The molecule has 5 nitrogen and oxygen atoms in total. The van der Waals surface area contributed by atoms with Gasteiger partial charge in [0.15, 0.2) is 6.61 Å². The summed E-state index contributed by atoms with van der Waals surface area (Å²) < 4.78 is 10.2. The molecule has 0 radical (unpaired) electrons. The molecular weight excluding hydrogens is 316 g/mol. The van der Waals surface area contributed by atoms with Gasteiger partial charge in [-0.1, -0.05) is 19.1 Å². The minimum atomic E-state index is -0.363. The van der Waals surface area contributed by atoms with E-state index in [2.05, 4.69) is 34.0 Å². The lowest BCUT2D eigenvalue weighted by molar-refractivity contribution is -0.142. The van der Waals surface area contributed by atoms with Gasteiger partial charge in [0.2, 0.25) is 0 Å². The highest BCUT2D eigenvalue weighted by Crippen LogP contribution is 2.25. The largest absolute Gasteiger partial charge is 0.481 e. The minimum absolute atomic E-state index is 0.0499. The Balaban J connectivity index is 1.82. The van der Waals surface area contributed by atoms with Crippen LogP contribution in [0.2, 0.25) is 0 Å². The number of methoxy groups -OCH3 is 1. The molecule has 0 amide bonds. The Bertz CT molecular complexity index is 551. The van der Waals surface area contributed by atoms with Crippen LogP contribution >= 0.6 is 0 Å². The van der Waals surface area contributed by atoms with Crippen molar-refractivity contribution in [3.05, 3.63) is 28.8 Å². The number of likely N-dealkylation sites (tertiary alicyclic amines) is 1. The summed E-state index contributed by atoms with van der Waals surface area (Å²) in [5, 5.41) is 3.60. The maximum absolute atomic E-state index is 11.2. The number of hydrogen-bond acceptors (Lipinski definition) is 5. The molecule has 1 saturated heterocycles. The van der Waals surface area contributed by atoms with Crippen molar-refractivity contribution in [2.24, 2.45) is 5.92 Å². The molecule has 1 aliphatic rings. The Morgan fingerprint density at radius 1 is 1.32 bits per heavy atom. The van der Waals surface area contributed by atoms with E-state index in [0.717, 1.165) is 35.9 Å². The zero-order chi connectivity index (χ0) is 18.2. The Kier molecular flexibility index (Phi) is 7.72. The van der Waals surface area contributed by atoms with E-state index in [9.17, 15) is 4.79 Å². The summed E-state index contributed by atoms with van der Waals surface area (Å²) in [6, 6.07) is 4.26. The minimum Gasteiger partial charge on any atom is -0.481 e. The molecule has 0 aliphatic carbocycles. The summed E-state index contributed by atoms with van der Waals surface area (Å²) in [5.41, 5.74) is 3.36. The lowest BCUT2D eigenvalue weighted by Gasteiger charge is -2.16. The molecule has 1 fully saturated rings. The number of esters is 1. The monoisotopic (exact) mass is 348 g/mol. The van der Waals surface area contributed by atoms with Crippen molar-refractivity contribution in [3.8, 4) is 5.75 Å². The number of ether oxygens (including phenoxy) is 2. The van der Waals surface area contributed by atoms with Crippen molar-refractivity contribution < 1.29 is 14.3 Å². The normalized spacial score (nSPS) is 17.7. The number of carbonyl (C=O) groups excluding carboxylic acids is 1. The van der Waals surface area contributed by atoms with Gasteiger partial charge >= 0.3 is 5.97 Å². The maximum atomic E-state index is 11.2. The van der Waals surface area contributed by atoms with Gasteiger partial charge in [0, 0.05) is 13.1 Å². The van der Waals surface area contributed by atoms with Crippen LogP contribution in [-0.2, 0) is 16.1 Å². The zero-order valence-corrected chi connectivity index (χ0v) is 16.1. The number of rotatable bonds is 9. The Hall–Kier alpha value is -1.59. The Labute approximate surface area is 151 Å². The number of nitrogens with one attached hydrogen (secondary N) is 1. The maximum Gasteiger partial charge on any atom is 0.343 e. The lowest BCUT2D eigenvalue weighted by atomic mass is 10.0. The summed E-state index contributed by atoms with van der Waals surface area (Å²) in [6.07, 6.45) is 2.54. The fourth-order valence-corrected chi connectivity index (χ4v) is 3.58. The third-order valence-electron chi connectivity index (χ3n) is 4.75. The Morgan fingerprint density at radius 3 is 2.68 bits per heavy atom. The van der Waals surface area contributed by atoms with Crippen molar-refractivity contribution in [2.45, 2.75) is 40.2 Å². The smallest absolute Gasteiger partial charge is 0.343 e. The van der Waals surface area contributed by atoms with E-state index in [1.807, 2.05) is 13.8 Å². The van der Waals surface area contributed by atoms with Gasteiger partial charge in [-0.05, 0) is 68.9 Å². The summed E-state index contributed by atoms with van der Waals surface area (Å²) in [6.45, 7) is 11.8. The average Bonchev–Trinajstić information content (AvgIpc) is 3.01. The standard InChI is InChI=1S/C20H32N2O3/c1-5-7-22-8-6-17(13-22)11-21-12-18-9-15(2)20(16(3)10-18)25-14-19(23)24-4/h9-10,17,21H,5-8,11-14H2,1-4H3. The van der Waals surface area contributed by atoms with Crippen molar-refractivity contribution in [2.75, 3.05) is 39.9 Å². The molecule has 1 unspecified atom stereocenters. The van der Waals surface area contributed by atoms with Crippen LogP contribution in [0.5, 0.6) is 5.75 Å². The quantitative estimate of drug-likeness (QED) is 0.696. The van der Waals surface area contributed by atoms with Gasteiger partial charge < -0.3 is 19.7 Å². The molecule has 1 atom stereocenters. The molecular formula is C20H32N2O3. The Morgan fingerprint density at radius 2 is 2.04 bits per heavy atom. The SMILES string of the molecule is CCCN1CCC(CNCc2cc(C)c(OCC(=O)OC)c(C)c2)C1. The predicted octanol–water partition coefficient (Wildman–Crippen LogP) is 2.68. The molecule has 0 spiro atoms. The van der Waals surface area contributed by atoms with E-state index in [1.54, 1.807) is 0 Å². The van der Waals surface area contributed by atoms with E-state index < -0.39 is 0 Å². The number of aryl methyl sites for hydroxylation is 2. The molecule has 5 heteroatoms. The van der Waals surface area contributed by atoms with Crippen molar-refractivity contribution in [3.63, 3.8) is 0 Å². The third kappa shape index (κ3) is 6.01. The zero-order valence-electron chi connectivity index (χ0n) is 16.1. The fraction of sp³-hybridized carbons (Fsp3) is 0.650. The molecule has 2 rings (SSSR count). The van der Waals surface area contributed by atoms with Crippen LogP contribution in [-0.4, -0.2) is 50.8 Å². The van der Waals surface area contributed by atoms with Gasteiger partial charge in [0.25, 0.3) is 0 Å². The van der Waals surface area contributed by atoms with E-state index in [0.29, 0.717) is 0 Å². The second-order valence-corrected chi connectivity index (χ2v) is 7.01. The van der Waals surface area contributed by atoms with Crippen LogP contribution in [0.25, 0.3) is 0 Å². The van der Waals surface area contributed by atoms with Crippen LogP contribution in [0.3, 0.4) is 0 Å². The van der Waals surface area contributed by atoms with Crippen LogP contribution in [0.1, 0.15) is 36.5 Å². The summed E-state index contributed by atoms with van der Waals surface area (Å²) in [4.78, 5) is 13.8. The van der Waals surface area contributed by atoms with Crippen molar-refractivity contribution in [1.82, 2.24) is 10.2 Å². The molecule has 0 bridgehead atoms. The predicted molar refractivity (Wildman–Crippen MR) is 100.0 cm³/mol. The second kappa shape index (κ2) is 9.78. The number of carbonyl (C=O) groups is 1. The first-order chi connectivity index (χ1) is 12.0. The van der Waals surface area contributed by atoms with Gasteiger partial charge in [0.05, 0.1) is 7.11 Å². The van der Waals surface area contributed by atoms with Gasteiger partial charge in [-0.2, -0.15) is 0 Å². The molecule has 140 valence electrons. The van der Waals surface area contributed by atoms with E-state index in [1.165, 1.54) is 45.1 Å². The molecule has 1 aromatic carbocycles. The highest BCUT2D eigenvalue weighted by Gasteiger charge is 2.21. The van der Waals surface area contributed by atoms with Crippen LogP contribution in [0.15, 0.2) is 12.1 Å². The molecule has 25 heavy (non-hydrogen) atoms. The van der Waals surface area contributed by atoms with Crippen LogP contribution in [0, 0.1) is 19.8 Å². The number of hydrogen-bond donors (Lipinski definition) is 1. The first kappa shape index (κ1) is 19.7. The summed E-state index contributed by atoms with van der Waals surface area (Å²) >= 11 is 0. The molecule has 1 N–H and O–H groups in total. The van der Waals surface area contributed by atoms with Crippen molar-refractivity contribution >= 4 is 5.97 Å². The fourth-order valence-electron chi connectivity index (χ4n) is 3.58. The highest BCUT2D eigenvalue weighted by atomic mass is 16.6. The molecule has 1 aliphatic heterocycles. The molecule has 1 heterocycles. The number of benzene rings is 1. The highest BCUT2D eigenvalue weighted by molar-refractivity contribution is 5.71. The molecule has 0 saturated carbocycles. The van der Waals surface area contributed by atoms with Gasteiger partial charge in [0.1, 0.15) is 5.75 Å². The summed E-state index contributed by atoms with van der Waals surface area (Å²) in [5.74, 6) is 1.18.